The van der Waals surface area contributed by atoms with Crippen LogP contribution in [0.4, 0.5) is 0 Å². The molecule has 2 unspecified atom stereocenters. The summed E-state index contributed by atoms with van der Waals surface area (Å²) >= 11 is 0. The zero-order valence-electron chi connectivity index (χ0n) is 11.1. The standard InChI is InChI=1S/C16H24/c1-6-8-13(2)10-11-15-14(3)9-7-12-16(15,4)5/h1,8,10-11,14-15H,7,9,12H2,2-5H3/b11-10+,13-8+. The Bertz CT molecular complexity index is 322. The minimum atomic E-state index is 0.435. The fourth-order valence-corrected chi connectivity index (χ4v) is 2.88. The van der Waals surface area contributed by atoms with Crippen LogP contribution in [-0.2, 0) is 0 Å². The van der Waals surface area contributed by atoms with Crippen LogP contribution in [0.3, 0.4) is 0 Å². The predicted molar refractivity (Wildman–Crippen MR) is 72.0 cm³/mol. The molecular weight excluding hydrogens is 192 g/mol. The minimum absolute atomic E-state index is 0.435. The second-order valence-electron chi connectivity index (χ2n) is 5.80. The SMILES string of the molecule is C#C/C=C(C)/C=C/C1C(C)CCCC1(C)C. The fraction of sp³-hybridized carbons (Fsp3) is 0.625. The van der Waals surface area contributed by atoms with Crippen LogP contribution in [0.1, 0.15) is 47.0 Å². The quantitative estimate of drug-likeness (QED) is 0.468. The molecule has 1 rings (SSSR count). The summed E-state index contributed by atoms with van der Waals surface area (Å²) in [4.78, 5) is 0. The van der Waals surface area contributed by atoms with Gasteiger partial charge in [-0.2, -0.15) is 0 Å². The third kappa shape index (κ3) is 3.27. The van der Waals surface area contributed by atoms with Crippen LogP contribution in [-0.4, -0.2) is 0 Å². The first kappa shape index (κ1) is 13.1. The maximum absolute atomic E-state index is 5.26. The van der Waals surface area contributed by atoms with Gasteiger partial charge in [0.15, 0.2) is 0 Å². The van der Waals surface area contributed by atoms with E-state index in [9.17, 15) is 0 Å². The third-order valence-corrected chi connectivity index (χ3v) is 3.87. The van der Waals surface area contributed by atoms with E-state index in [1.54, 1.807) is 0 Å². The Morgan fingerprint density at radius 3 is 2.69 bits per heavy atom. The van der Waals surface area contributed by atoms with Crippen molar-refractivity contribution < 1.29 is 0 Å². The van der Waals surface area contributed by atoms with Gasteiger partial charge in [0.1, 0.15) is 0 Å². The van der Waals surface area contributed by atoms with Crippen LogP contribution < -0.4 is 0 Å². The molecule has 0 aromatic rings. The highest BCUT2D eigenvalue weighted by molar-refractivity contribution is 5.25. The molecule has 1 saturated carbocycles. The molecular formula is C16H24. The molecule has 0 aromatic heterocycles. The van der Waals surface area contributed by atoms with Crippen molar-refractivity contribution in [3.8, 4) is 12.3 Å². The second kappa shape index (κ2) is 5.39. The highest BCUT2D eigenvalue weighted by Crippen LogP contribution is 2.44. The van der Waals surface area contributed by atoms with Crippen molar-refractivity contribution in [2.45, 2.75) is 47.0 Å². The van der Waals surface area contributed by atoms with E-state index in [0.29, 0.717) is 11.3 Å². The van der Waals surface area contributed by atoms with Gasteiger partial charge in [-0.1, -0.05) is 51.7 Å². The van der Waals surface area contributed by atoms with Gasteiger partial charge >= 0.3 is 0 Å². The molecule has 0 radical (unpaired) electrons. The first-order chi connectivity index (χ1) is 7.47. The van der Waals surface area contributed by atoms with E-state index in [2.05, 4.69) is 45.8 Å². The van der Waals surface area contributed by atoms with Crippen molar-refractivity contribution in [3.05, 3.63) is 23.8 Å². The van der Waals surface area contributed by atoms with Crippen LogP contribution in [0.5, 0.6) is 0 Å². The van der Waals surface area contributed by atoms with Gasteiger partial charge in [-0.3, -0.25) is 0 Å². The molecule has 0 heterocycles. The van der Waals surface area contributed by atoms with Gasteiger partial charge in [0.05, 0.1) is 0 Å². The highest BCUT2D eigenvalue weighted by Gasteiger charge is 2.34. The lowest BCUT2D eigenvalue weighted by atomic mass is 9.64. The van der Waals surface area contributed by atoms with Crippen molar-refractivity contribution in [1.82, 2.24) is 0 Å². The number of allylic oxidation sites excluding steroid dienone is 4. The molecule has 0 heteroatoms. The molecule has 0 aromatic carbocycles. The summed E-state index contributed by atoms with van der Waals surface area (Å²) in [5.74, 6) is 4.05. The van der Waals surface area contributed by atoms with Crippen molar-refractivity contribution in [1.29, 1.82) is 0 Å². The van der Waals surface area contributed by atoms with E-state index in [1.807, 2.05) is 6.08 Å². The Balaban J connectivity index is 2.77. The third-order valence-electron chi connectivity index (χ3n) is 3.87. The van der Waals surface area contributed by atoms with Gasteiger partial charge in [-0.15, -0.1) is 6.42 Å². The molecule has 0 aliphatic heterocycles. The Kier molecular flexibility index (Phi) is 4.42. The number of hydrogen-bond acceptors (Lipinski definition) is 0. The van der Waals surface area contributed by atoms with Gasteiger partial charge in [0.25, 0.3) is 0 Å². The summed E-state index contributed by atoms with van der Waals surface area (Å²) in [6.45, 7) is 9.21. The van der Waals surface area contributed by atoms with E-state index in [1.165, 1.54) is 24.8 Å². The summed E-state index contributed by atoms with van der Waals surface area (Å²) in [5, 5.41) is 0. The van der Waals surface area contributed by atoms with Gasteiger partial charge in [-0.25, -0.2) is 0 Å². The lowest BCUT2D eigenvalue weighted by Crippen LogP contribution is -2.32. The molecule has 0 bridgehead atoms. The average molecular weight is 216 g/mol. The fourth-order valence-electron chi connectivity index (χ4n) is 2.88. The highest BCUT2D eigenvalue weighted by atomic mass is 14.4. The van der Waals surface area contributed by atoms with Crippen molar-refractivity contribution in [3.63, 3.8) is 0 Å². The molecule has 1 fully saturated rings. The first-order valence-corrected chi connectivity index (χ1v) is 6.28. The molecule has 0 amide bonds. The molecule has 1 aliphatic rings. The molecule has 1 aliphatic carbocycles. The first-order valence-electron chi connectivity index (χ1n) is 6.28. The summed E-state index contributed by atoms with van der Waals surface area (Å²) in [6.07, 6.45) is 15.7. The second-order valence-corrected chi connectivity index (χ2v) is 5.80. The molecule has 0 nitrogen and oxygen atoms in total. The number of hydrogen-bond donors (Lipinski definition) is 0. The molecule has 0 saturated heterocycles. The number of rotatable bonds is 2. The van der Waals surface area contributed by atoms with E-state index >= 15 is 0 Å². The predicted octanol–water partition coefficient (Wildman–Crippen LogP) is 4.58. The normalized spacial score (nSPS) is 30.3. The topological polar surface area (TPSA) is 0 Å². The van der Waals surface area contributed by atoms with Gasteiger partial charge in [-0.05, 0) is 42.2 Å². The van der Waals surface area contributed by atoms with E-state index < -0.39 is 0 Å². The molecule has 88 valence electrons. The van der Waals surface area contributed by atoms with Crippen LogP contribution in [0.15, 0.2) is 23.8 Å². The maximum atomic E-state index is 5.26. The van der Waals surface area contributed by atoms with Crippen molar-refractivity contribution >= 4 is 0 Å². The summed E-state index contributed by atoms with van der Waals surface area (Å²) in [7, 11) is 0. The summed E-state index contributed by atoms with van der Waals surface area (Å²) < 4.78 is 0. The Morgan fingerprint density at radius 2 is 2.12 bits per heavy atom. The molecule has 0 spiro atoms. The zero-order valence-corrected chi connectivity index (χ0v) is 11.1. The Labute approximate surface area is 101 Å². The largest absolute Gasteiger partial charge is 0.115 e. The van der Waals surface area contributed by atoms with Crippen LogP contribution >= 0.6 is 0 Å². The number of terminal acetylenes is 1. The van der Waals surface area contributed by atoms with E-state index in [0.717, 1.165) is 5.92 Å². The van der Waals surface area contributed by atoms with E-state index in [-0.39, 0.29) is 0 Å². The smallest absolute Gasteiger partial charge is 0.00924 e. The van der Waals surface area contributed by atoms with Gasteiger partial charge in [0.2, 0.25) is 0 Å². The lowest BCUT2D eigenvalue weighted by Gasteiger charge is -2.41. The van der Waals surface area contributed by atoms with Crippen LogP contribution in [0.25, 0.3) is 0 Å². The van der Waals surface area contributed by atoms with Crippen LogP contribution in [0.2, 0.25) is 0 Å². The maximum Gasteiger partial charge on any atom is -0.00924 e. The van der Waals surface area contributed by atoms with Gasteiger partial charge < -0.3 is 0 Å². The van der Waals surface area contributed by atoms with E-state index in [4.69, 9.17) is 6.42 Å². The Hall–Kier alpha value is -0.960. The monoisotopic (exact) mass is 216 g/mol. The molecule has 2 atom stereocenters. The van der Waals surface area contributed by atoms with Crippen molar-refractivity contribution in [2.24, 2.45) is 17.3 Å². The summed E-state index contributed by atoms with van der Waals surface area (Å²) in [6, 6.07) is 0. The van der Waals surface area contributed by atoms with Crippen molar-refractivity contribution in [2.75, 3.05) is 0 Å². The molecule has 0 N–H and O–H groups in total. The summed E-state index contributed by atoms with van der Waals surface area (Å²) in [5.41, 5.74) is 1.61. The zero-order chi connectivity index (χ0) is 12.2. The minimum Gasteiger partial charge on any atom is -0.115 e. The van der Waals surface area contributed by atoms with Gasteiger partial charge in [0, 0.05) is 0 Å². The lowest BCUT2D eigenvalue weighted by molar-refractivity contribution is 0.123. The average Bonchev–Trinajstić information content (AvgIpc) is 2.16. The van der Waals surface area contributed by atoms with Crippen LogP contribution in [0, 0.1) is 29.6 Å². The Morgan fingerprint density at radius 1 is 1.44 bits per heavy atom. The molecule has 16 heavy (non-hydrogen) atoms.